The third kappa shape index (κ3) is 6.15. The summed E-state index contributed by atoms with van der Waals surface area (Å²) in [5, 5.41) is 15.3. The lowest BCUT2D eigenvalue weighted by Gasteiger charge is -2.26. The van der Waals surface area contributed by atoms with Crippen LogP contribution in [-0.2, 0) is 16.1 Å². The van der Waals surface area contributed by atoms with Crippen LogP contribution in [0.4, 0.5) is 10.1 Å². The standard InChI is InChI=1S/C25H29FN6O4/c1-35-21-12-11-17(13-22(21)36-2)25-28-30-32(29-25)16-24(34)31(20-10-6-7-18(26)14-20)15-23(33)27-19-8-4-3-5-9-19/h6-7,10-14,19H,3-5,8-9,15-16H2,1-2H3,(H,27,33). The molecule has 1 aromatic heterocycles. The lowest BCUT2D eigenvalue weighted by atomic mass is 9.95. The molecule has 190 valence electrons. The van der Waals surface area contributed by atoms with Crippen molar-refractivity contribution in [2.45, 2.75) is 44.7 Å². The van der Waals surface area contributed by atoms with Gasteiger partial charge in [0.25, 0.3) is 5.91 Å². The van der Waals surface area contributed by atoms with E-state index in [2.05, 4.69) is 20.7 Å². The van der Waals surface area contributed by atoms with Gasteiger partial charge in [-0.3, -0.25) is 9.59 Å². The van der Waals surface area contributed by atoms with Crippen molar-refractivity contribution in [2.75, 3.05) is 25.7 Å². The van der Waals surface area contributed by atoms with Crippen LogP contribution in [0.5, 0.6) is 11.5 Å². The fourth-order valence-corrected chi connectivity index (χ4v) is 4.24. The summed E-state index contributed by atoms with van der Waals surface area (Å²) in [6, 6.07) is 10.8. The Morgan fingerprint density at radius 2 is 1.86 bits per heavy atom. The first-order valence-corrected chi connectivity index (χ1v) is 11.8. The Bertz CT molecular complexity index is 1210. The van der Waals surface area contributed by atoms with Gasteiger partial charge < -0.3 is 19.7 Å². The molecule has 0 spiro atoms. The maximum atomic E-state index is 13.9. The van der Waals surface area contributed by atoms with Crippen LogP contribution in [0.2, 0.25) is 0 Å². The fraction of sp³-hybridized carbons (Fsp3) is 0.400. The van der Waals surface area contributed by atoms with Crippen LogP contribution in [0.3, 0.4) is 0 Å². The molecule has 0 saturated heterocycles. The van der Waals surface area contributed by atoms with E-state index in [4.69, 9.17) is 9.47 Å². The molecule has 0 radical (unpaired) electrons. The molecular weight excluding hydrogens is 467 g/mol. The average molecular weight is 497 g/mol. The summed E-state index contributed by atoms with van der Waals surface area (Å²) in [6.07, 6.45) is 5.13. The number of nitrogens with zero attached hydrogens (tertiary/aromatic N) is 5. The molecule has 1 N–H and O–H groups in total. The Morgan fingerprint density at radius 3 is 2.58 bits per heavy atom. The molecule has 1 fully saturated rings. The molecule has 1 aliphatic carbocycles. The van der Waals surface area contributed by atoms with Crippen molar-refractivity contribution in [3.63, 3.8) is 0 Å². The quantitative estimate of drug-likeness (QED) is 0.485. The minimum Gasteiger partial charge on any atom is -0.493 e. The number of amides is 2. The second-order valence-corrected chi connectivity index (χ2v) is 8.58. The Balaban J connectivity index is 1.50. The number of ether oxygens (including phenoxy) is 2. The Morgan fingerprint density at radius 1 is 1.08 bits per heavy atom. The summed E-state index contributed by atoms with van der Waals surface area (Å²) in [6.45, 7) is -0.524. The maximum absolute atomic E-state index is 13.9. The zero-order valence-corrected chi connectivity index (χ0v) is 20.3. The van der Waals surface area contributed by atoms with Crippen molar-refractivity contribution in [1.29, 1.82) is 0 Å². The summed E-state index contributed by atoms with van der Waals surface area (Å²) in [5.74, 6) is 0.0705. The van der Waals surface area contributed by atoms with E-state index in [1.165, 1.54) is 37.3 Å². The Labute approximate surface area is 208 Å². The molecule has 3 aromatic rings. The zero-order chi connectivity index (χ0) is 25.5. The zero-order valence-electron chi connectivity index (χ0n) is 20.3. The van der Waals surface area contributed by atoms with E-state index in [0.717, 1.165) is 36.9 Å². The number of tetrazole rings is 1. The van der Waals surface area contributed by atoms with Crippen LogP contribution in [-0.4, -0.2) is 58.8 Å². The van der Waals surface area contributed by atoms with Gasteiger partial charge in [-0.2, -0.15) is 4.80 Å². The number of hydrogen-bond donors (Lipinski definition) is 1. The number of carbonyl (C=O) groups is 2. The molecule has 0 bridgehead atoms. The molecule has 0 aliphatic heterocycles. The van der Waals surface area contributed by atoms with Crippen LogP contribution < -0.4 is 19.7 Å². The Kier molecular flexibility index (Phi) is 8.09. The number of nitrogens with one attached hydrogen (secondary N) is 1. The van der Waals surface area contributed by atoms with Gasteiger partial charge in [-0.15, -0.1) is 10.2 Å². The predicted molar refractivity (Wildman–Crippen MR) is 130 cm³/mol. The third-order valence-electron chi connectivity index (χ3n) is 6.06. The van der Waals surface area contributed by atoms with Crippen molar-refractivity contribution in [2.24, 2.45) is 0 Å². The minimum absolute atomic E-state index is 0.0942. The van der Waals surface area contributed by atoms with Crippen LogP contribution >= 0.6 is 0 Å². The number of anilines is 1. The molecule has 36 heavy (non-hydrogen) atoms. The number of hydrogen-bond acceptors (Lipinski definition) is 7. The second kappa shape index (κ2) is 11.6. The van der Waals surface area contributed by atoms with Gasteiger partial charge >= 0.3 is 0 Å². The third-order valence-corrected chi connectivity index (χ3v) is 6.06. The largest absolute Gasteiger partial charge is 0.493 e. The molecular formula is C25H29FN6O4. The molecule has 2 amide bonds. The number of methoxy groups -OCH3 is 2. The van der Waals surface area contributed by atoms with Gasteiger partial charge in [0.2, 0.25) is 11.7 Å². The van der Waals surface area contributed by atoms with Crippen LogP contribution in [0.1, 0.15) is 32.1 Å². The number of halogens is 1. The topological polar surface area (TPSA) is 111 Å². The monoisotopic (exact) mass is 496 g/mol. The van der Waals surface area contributed by atoms with Gasteiger partial charge in [-0.25, -0.2) is 4.39 Å². The fourth-order valence-electron chi connectivity index (χ4n) is 4.24. The SMILES string of the molecule is COc1ccc(-c2nnn(CC(=O)N(CC(=O)NC3CCCCC3)c3cccc(F)c3)n2)cc1OC. The summed E-state index contributed by atoms with van der Waals surface area (Å²) in [5.41, 5.74) is 0.902. The second-order valence-electron chi connectivity index (χ2n) is 8.58. The number of rotatable bonds is 9. The van der Waals surface area contributed by atoms with E-state index >= 15 is 0 Å². The van der Waals surface area contributed by atoms with Gasteiger partial charge in [0.05, 0.1) is 14.2 Å². The number of aromatic nitrogens is 4. The lowest BCUT2D eigenvalue weighted by molar-refractivity contribution is -0.124. The van der Waals surface area contributed by atoms with Crippen LogP contribution in [0.25, 0.3) is 11.4 Å². The highest BCUT2D eigenvalue weighted by molar-refractivity contribution is 5.98. The van der Waals surface area contributed by atoms with Crippen molar-refractivity contribution < 1.29 is 23.5 Å². The van der Waals surface area contributed by atoms with Crippen LogP contribution in [0.15, 0.2) is 42.5 Å². The Hall–Kier alpha value is -4.02. The molecule has 1 aliphatic rings. The van der Waals surface area contributed by atoms with E-state index < -0.39 is 11.7 Å². The maximum Gasteiger partial charge on any atom is 0.251 e. The van der Waals surface area contributed by atoms with E-state index in [9.17, 15) is 14.0 Å². The normalized spacial score (nSPS) is 13.8. The van der Waals surface area contributed by atoms with Crippen LogP contribution in [0, 0.1) is 5.82 Å². The smallest absolute Gasteiger partial charge is 0.251 e. The molecule has 0 atom stereocenters. The number of benzene rings is 2. The molecule has 1 heterocycles. The highest BCUT2D eigenvalue weighted by atomic mass is 19.1. The van der Waals surface area contributed by atoms with E-state index in [1.54, 1.807) is 24.3 Å². The lowest BCUT2D eigenvalue weighted by Crippen LogP contribution is -2.46. The molecule has 0 unspecified atom stereocenters. The van der Waals surface area contributed by atoms with Gasteiger partial charge in [0.1, 0.15) is 18.9 Å². The summed E-state index contributed by atoms with van der Waals surface area (Å²) >= 11 is 0. The highest BCUT2D eigenvalue weighted by Crippen LogP contribution is 2.30. The highest BCUT2D eigenvalue weighted by Gasteiger charge is 2.23. The summed E-state index contributed by atoms with van der Waals surface area (Å²) in [4.78, 5) is 28.4. The summed E-state index contributed by atoms with van der Waals surface area (Å²) in [7, 11) is 3.06. The van der Waals surface area contributed by atoms with Gasteiger partial charge in [-0.05, 0) is 54.5 Å². The molecule has 2 aromatic carbocycles. The average Bonchev–Trinajstić information content (AvgIpc) is 3.35. The summed E-state index contributed by atoms with van der Waals surface area (Å²) < 4.78 is 24.5. The molecule has 10 nitrogen and oxygen atoms in total. The first kappa shape index (κ1) is 25.1. The number of carbonyl (C=O) groups excluding carboxylic acids is 2. The van der Waals surface area contributed by atoms with E-state index in [1.807, 2.05) is 0 Å². The van der Waals surface area contributed by atoms with Crippen molar-refractivity contribution in [3.8, 4) is 22.9 Å². The van der Waals surface area contributed by atoms with Crippen molar-refractivity contribution in [3.05, 3.63) is 48.3 Å². The minimum atomic E-state index is -0.507. The van der Waals surface area contributed by atoms with E-state index in [-0.39, 0.29) is 36.6 Å². The molecule has 11 heteroatoms. The van der Waals surface area contributed by atoms with Crippen molar-refractivity contribution in [1.82, 2.24) is 25.5 Å². The van der Waals surface area contributed by atoms with E-state index in [0.29, 0.717) is 17.1 Å². The predicted octanol–water partition coefficient (Wildman–Crippen LogP) is 2.98. The van der Waals surface area contributed by atoms with Gasteiger partial charge in [0, 0.05) is 17.3 Å². The van der Waals surface area contributed by atoms with Gasteiger partial charge in [-0.1, -0.05) is 25.3 Å². The first-order chi connectivity index (χ1) is 17.5. The van der Waals surface area contributed by atoms with Gasteiger partial charge in [0.15, 0.2) is 11.5 Å². The van der Waals surface area contributed by atoms with Crippen molar-refractivity contribution >= 4 is 17.5 Å². The molecule has 4 rings (SSSR count). The molecule has 1 saturated carbocycles. The first-order valence-electron chi connectivity index (χ1n) is 11.8.